The van der Waals surface area contributed by atoms with Gasteiger partial charge in [0.2, 0.25) is 0 Å². The van der Waals surface area contributed by atoms with Crippen molar-refractivity contribution in [2.24, 2.45) is 7.05 Å². The molecule has 2 heterocycles. The molecule has 1 unspecified atom stereocenters. The molecule has 0 spiro atoms. The highest BCUT2D eigenvalue weighted by Gasteiger charge is 2.22. The SMILES string of the molecule is Cc1ccc2c(c1)CC(CNCCc1cnn(C)c1)O2. The Bertz CT molecular complexity index is 591. The maximum Gasteiger partial charge on any atom is 0.123 e. The largest absolute Gasteiger partial charge is 0.488 e. The van der Waals surface area contributed by atoms with E-state index in [9.17, 15) is 0 Å². The fourth-order valence-electron chi connectivity index (χ4n) is 2.66. The number of hydrogen-bond acceptors (Lipinski definition) is 3. The maximum atomic E-state index is 5.94. The first kappa shape index (κ1) is 13.2. The minimum atomic E-state index is 0.265. The Morgan fingerprint density at radius 2 is 2.35 bits per heavy atom. The Balaban J connectivity index is 1.42. The summed E-state index contributed by atoms with van der Waals surface area (Å²) < 4.78 is 7.78. The topological polar surface area (TPSA) is 39.1 Å². The van der Waals surface area contributed by atoms with Crippen LogP contribution in [0.2, 0.25) is 0 Å². The normalized spacial score (nSPS) is 17.0. The Hall–Kier alpha value is -1.81. The van der Waals surface area contributed by atoms with Gasteiger partial charge in [0.15, 0.2) is 0 Å². The zero-order valence-electron chi connectivity index (χ0n) is 12.1. The van der Waals surface area contributed by atoms with Crippen LogP contribution in [0.1, 0.15) is 16.7 Å². The van der Waals surface area contributed by atoms with Gasteiger partial charge >= 0.3 is 0 Å². The van der Waals surface area contributed by atoms with Crippen LogP contribution < -0.4 is 10.1 Å². The highest BCUT2D eigenvalue weighted by atomic mass is 16.5. The smallest absolute Gasteiger partial charge is 0.123 e. The van der Waals surface area contributed by atoms with Gasteiger partial charge in [-0.3, -0.25) is 4.68 Å². The molecule has 0 saturated carbocycles. The molecule has 0 fully saturated rings. The lowest BCUT2D eigenvalue weighted by Crippen LogP contribution is -2.31. The van der Waals surface area contributed by atoms with E-state index >= 15 is 0 Å². The van der Waals surface area contributed by atoms with E-state index in [0.717, 1.165) is 31.7 Å². The summed E-state index contributed by atoms with van der Waals surface area (Å²) in [5.41, 5.74) is 3.91. The zero-order chi connectivity index (χ0) is 13.9. The van der Waals surface area contributed by atoms with Crippen LogP contribution in [-0.2, 0) is 19.9 Å². The fourth-order valence-corrected chi connectivity index (χ4v) is 2.66. The summed E-state index contributed by atoms with van der Waals surface area (Å²) in [4.78, 5) is 0. The number of nitrogens with one attached hydrogen (secondary N) is 1. The van der Waals surface area contributed by atoms with Crippen molar-refractivity contribution in [1.29, 1.82) is 0 Å². The van der Waals surface area contributed by atoms with Crippen LogP contribution in [-0.4, -0.2) is 29.0 Å². The molecule has 2 aromatic rings. The Morgan fingerprint density at radius 1 is 1.45 bits per heavy atom. The molecule has 0 saturated heterocycles. The number of fused-ring (bicyclic) bond motifs is 1. The third-order valence-corrected chi connectivity index (χ3v) is 3.68. The second-order valence-corrected chi connectivity index (χ2v) is 5.53. The summed E-state index contributed by atoms with van der Waals surface area (Å²) in [7, 11) is 1.95. The number of nitrogens with zero attached hydrogens (tertiary/aromatic N) is 2. The summed E-state index contributed by atoms with van der Waals surface area (Å²) in [6, 6.07) is 6.42. The van der Waals surface area contributed by atoms with Gasteiger partial charge in [-0.15, -0.1) is 0 Å². The molecule has 20 heavy (non-hydrogen) atoms. The number of aromatic nitrogens is 2. The second kappa shape index (κ2) is 5.67. The molecule has 0 amide bonds. The van der Waals surface area contributed by atoms with Crippen LogP contribution in [0.5, 0.6) is 5.75 Å². The van der Waals surface area contributed by atoms with Gasteiger partial charge in [0.1, 0.15) is 11.9 Å². The molecule has 0 radical (unpaired) electrons. The third kappa shape index (κ3) is 3.02. The van der Waals surface area contributed by atoms with Gasteiger partial charge in [0.25, 0.3) is 0 Å². The highest BCUT2D eigenvalue weighted by Crippen LogP contribution is 2.29. The molecule has 1 aliphatic heterocycles. The Morgan fingerprint density at radius 3 is 3.15 bits per heavy atom. The van der Waals surface area contributed by atoms with E-state index in [0.29, 0.717) is 0 Å². The van der Waals surface area contributed by atoms with Crippen LogP contribution in [0, 0.1) is 6.92 Å². The van der Waals surface area contributed by atoms with Crippen molar-refractivity contribution in [2.45, 2.75) is 25.9 Å². The third-order valence-electron chi connectivity index (χ3n) is 3.68. The van der Waals surface area contributed by atoms with E-state index in [-0.39, 0.29) is 6.10 Å². The highest BCUT2D eigenvalue weighted by molar-refractivity contribution is 5.40. The average molecular weight is 271 g/mol. The number of ether oxygens (including phenoxy) is 1. The molecule has 1 aromatic carbocycles. The molecule has 1 aromatic heterocycles. The van der Waals surface area contributed by atoms with E-state index in [1.165, 1.54) is 16.7 Å². The van der Waals surface area contributed by atoms with Crippen molar-refractivity contribution in [2.75, 3.05) is 13.1 Å². The lowest BCUT2D eigenvalue weighted by molar-refractivity contribution is 0.228. The molecule has 3 rings (SSSR count). The van der Waals surface area contributed by atoms with E-state index in [4.69, 9.17) is 4.74 Å². The molecule has 4 nitrogen and oxygen atoms in total. The van der Waals surface area contributed by atoms with E-state index < -0.39 is 0 Å². The number of hydrogen-bond donors (Lipinski definition) is 1. The molecule has 1 aliphatic rings. The lowest BCUT2D eigenvalue weighted by atomic mass is 10.1. The van der Waals surface area contributed by atoms with Crippen LogP contribution in [0.15, 0.2) is 30.6 Å². The van der Waals surface area contributed by atoms with Gasteiger partial charge in [-0.1, -0.05) is 17.7 Å². The quantitative estimate of drug-likeness (QED) is 0.844. The first-order chi connectivity index (χ1) is 9.70. The number of benzene rings is 1. The van der Waals surface area contributed by atoms with E-state index in [1.807, 2.05) is 17.9 Å². The maximum absolute atomic E-state index is 5.94. The van der Waals surface area contributed by atoms with Crippen molar-refractivity contribution in [3.63, 3.8) is 0 Å². The first-order valence-electron chi connectivity index (χ1n) is 7.15. The van der Waals surface area contributed by atoms with Crippen LogP contribution in [0.4, 0.5) is 0 Å². The summed E-state index contributed by atoms with van der Waals surface area (Å²) >= 11 is 0. The standard InChI is InChI=1S/C16H21N3O/c1-12-3-4-16-14(7-12)8-15(20-16)10-17-6-5-13-9-18-19(2)11-13/h3-4,7,9,11,15,17H,5-6,8,10H2,1-2H3. The Kier molecular flexibility index (Phi) is 3.74. The molecular formula is C16H21N3O. The summed E-state index contributed by atoms with van der Waals surface area (Å²) in [6.45, 7) is 3.98. The van der Waals surface area contributed by atoms with Crippen LogP contribution in [0.25, 0.3) is 0 Å². The summed E-state index contributed by atoms with van der Waals surface area (Å²) in [5.74, 6) is 1.05. The van der Waals surface area contributed by atoms with Gasteiger partial charge < -0.3 is 10.1 Å². The molecule has 0 aliphatic carbocycles. The predicted molar refractivity (Wildman–Crippen MR) is 79.1 cm³/mol. The van der Waals surface area contributed by atoms with Crippen LogP contribution >= 0.6 is 0 Å². The monoisotopic (exact) mass is 271 g/mol. The van der Waals surface area contributed by atoms with Crippen LogP contribution in [0.3, 0.4) is 0 Å². The molecule has 106 valence electrons. The predicted octanol–water partition coefficient (Wildman–Crippen LogP) is 1.86. The van der Waals surface area contributed by atoms with Crippen molar-refractivity contribution in [1.82, 2.24) is 15.1 Å². The van der Waals surface area contributed by atoms with Gasteiger partial charge in [0.05, 0.1) is 6.20 Å². The zero-order valence-corrected chi connectivity index (χ0v) is 12.1. The Labute approximate surface area is 119 Å². The molecule has 4 heteroatoms. The van der Waals surface area contributed by atoms with Crippen molar-refractivity contribution >= 4 is 0 Å². The molecule has 1 N–H and O–H groups in total. The van der Waals surface area contributed by atoms with Gasteiger partial charge in [-0.05, 0) is 37.1 Å². The fraction of sp³-hybridized carbons (Fsp3) is 0.438. The minimum absolute atomic E-state index is 0.265. The number of rotatable bonds is 5. The molecule has 0 bridgehead atoms. The summed E-state index contributed by atoms with van der Waals surface area (Å²) in [6.07, 6.45) is 6.27. The van der Waals surface area contributed by atoms with Gasteiger partial charge in [0, 0.05) is 26.2 Å². The molecule has 1 atom stereocenters. The molecular weight excluding hydrogens is 250 g/mol. The lowest BCUT2D eigenvalue weighted by Gasteiger charge is -2.11. The second-order valence-electron chi connectivity index (χ2n) is 5.53. The first-order valence-corrected chi connectivity index (χ1v) is 7.15. The van der Waals surface area contributed by atoms with Crippen molar-refractivity contribution < 1.29 is 4.74 Å². The van der Waals surface area contributed by atoms with Gasteiger partial charge in [-0.2, -0.15) is 5.10 Å². The van der Waals surface area contributed by atoms with Crippen molar-refractivity contribution in [3.05, 3.63) is 47.3 Å². The van der Waals surface area contributed by atoms with Crippen molar-refractivity contribution in [3.8, 4) is 5.75 Å². The minimum Gasteiger partial charge on any atom is -0.488 e. The van der Waals surface area contributed by atoms with E-state index in [1.54, 1.807) is 0 Å². The summed E-state index contributed by atoms with van der Waals surface area (Å²) in [5, 5.41) is 7.64. The number of aryl methyl sites for hydroxylation is 2. The van der Waals surface area contributed by atoms with E-state index in [2.05, 4.69) is 41.7 Å². The average Bonchev–Trinajstić information content (AvgIpc) is 3.00. The van der Waals surface area contributed by atoms with Gasteiger partial charge in [-0.25, -0.2) is 0 Å².